The lowest BCUT2D eigenvalue weighted by Gasteiger charge is -2.16. The molecule has 0 saturated carbocycles. The number of nitrogens with one attached hydrogen (secondary N) is 1. The van der Waals surface area contributed by atoms with Crippen molar-refractivity contribution < 1.29 is 8.42 Å². The van der Waals surface area contributed by atoms with E-state index in [4.69, 9.17) is 5.84 Å². The summed E-state index contributed by atoms with van der Waals surface area (Å²) in [4.78, 5) is 4.04. The summed E-state index contributed by atoms with van der Waals surface area (Å²) in [6, 6.07) is 2.85. The van der Waals surface area contributed by atoms with E-state index in [0.717, 1.165) is 6.42 Å². The molecule has 0 aliphatic carbocycles. The van der Waals surface area contributed by atoms with E-state index in [1.165, 1.54) is 22.6 Å². The Hall–Kier alpha value is -1.18. The van der Waals surface area contributed by atoms with Crippen LogP contribution < -0.4 is 11.3 Å². The normalized spacial score (nSPS) is 11.8. The highest BCUT2D eigenvalue weighted by Gasteiger charge is 2.20. The molecule has 0 saturated heterocycles. The lowest BCUT2D eigenvalue weighted by Crippen LogP contribution is -2.27. The lowest BCUT2D eigenvalue weighted by atomic mass is 10.5. The molecule has 1 aromatic rings. The molecule has 3 N–H and O–H groups in total. The van der Waals surface area contributed by atoms with Gasteiger partial charge in [0.15, 0.2) is 0 Å². The van der Waals surface area contributed by atoms with E-state index < -0.39 is 10.0 Å². The molecule has 0 unspecified atom stereocenters. The van der Waals surface area contributed by atoms with E-state index >= 15 is 0 Å². The number of anilines is 1. The standard InChI is InChI=1S/C9H16N4O2S/c1-3-6-13(2)16(14,15)8-4-5-11-9(7-8)12-10/h4-5,7H,3,6,10H2,1-2H3,(H,11,12). The van der Waals surface area contributed by atoms with Crippen molar-refractivity contribution in [1.29, 1.82) is 0 Å². The first-order valence-corrected chi connectivity index (χ1v) is 6.35. The van der Waals surface area contributed by atoms with Gasteiger partial charge in [-0.3, -0.25) is 0 Å². The van der Waals surface area contributed by atoms with E-state index in [2.05, 4.69) is 10.4 Å². The van der Waals surface area contributed by atoms with Gasteiger partial charge in [-0.05, 0) is 12.5 Å². The Labute approximate surface area is 95.5 Å². The summed E-state index contributed by atoms with van der Waals surface area (Å²) >= 11 is 0. The van der Waals surface area contributed by atoms with Crippen LogP contribution in [0.25, 0.3) is 0 Å². The second-order valence-electron chi connectivity index (χ2n) is 3.35. The van der Waals surface area contributed by atoms with Crippen LogP contribution in [0.5, 0.6) is 0 Å². The number of nitrogen functional groups attached to an aromatic ring is 1. The molecule has 0 atom stereocenters. The Morgan fingerprint density at radius 2 is 2.25 bits per heavy atom. The van der Waals surface area contributed by atoms with Crippen LogP contribution in [0.3, 0.4) is 0 Å². The maximum atomic E-state index is 12.0. The zero-order valence-corrected chi connectivity index (χ0v) is 10.2. The molecule has 0 aromatic carbocycles. The number of hydrogen-bond donors (Lipinski definition) is 2. The maximum Gasteiger partial charge on any atom is 0.243 e. The van der Waals surface area contributed by atoms with Crippen LogP contribution in [0.2, 0.25) is 0 Å². The molecule has 0 bridgehead atoms. The van der Waals surface area contributed by atoms with Crippen molar-refractivity contribution in [2.24, 2.45) is 5.84 Å². The third-order valence-electron chi connectivity index (χ3n) is 2.13. The Kier molecular flexibility index (Phi) is 4.22. The van der Waals surface area contributed by atoms with E-state index in [-0.39, 0.29) is 4.90 Å². The molecule has 0 aliphatic heterocycles. The summed E-state index contributed by atoms with van der Waals surface area (Å²) in [5, 5.41) is 0. The van der Waals surface area contributed by atoms with E-state index in [1.54, 1.807) is 7.05 Å². The van der Waals surface area contributed by atoms with Crippen LogP contribution in [0, 0.1) is 0 Å². The van der Waals surface area contributed by atoms with Crippen LogP contribution in [-0.4, -0.2) is 31.3 Å². The number of nitrogens with zero attached hydrogens (tertiary/aromatic N) is 2. The topological polar surface area (TPSA) is 88.3 Å². The summed E-state index contributed by atoms with van der Waals surface area (Å²) in [6.07, 6.45) is 2.17. The molecule has 1 heterocycles. The SMILES string of the molecule is CCCN(C)S(=O)(=O)c1ccnc(NN)c1. The van der Waals surface area contributed by atoms with Crippen molar-refractivity contribution in [1.82, 2.24) is 9.29 Å². The highest BCUT2D eigenvalue weighted by atomic mass is 32.2. The number of hydrazine groups is 1. The molecule has 90 valence electrons. The molecular weight excluding hydrogens is 228 g/mol. The smallest absolute Gasteiger partial charge is 0.243 e. The van der Waals surface area contributed by atoms with Crippen LogP contribution in [-0.2, 0) is 10.0 Å². The minimum absolute atomic E-state index is 0.186. The molecule has 0 fully saturated rings. The van der Waals surface area contributed by atoms with Crippen LogP contribution >= 0.6 is 0 Å². The van der Waals surface area contributed by atoms with Gasteiger partial charge < -0.3 is 5.43 Å². The van der Waals surface area contributed by atoms with Crippen molar-refractivity contribution in [2.75, 3.05) is 19.0 Å². The van der Waals surface area contributed by atoms with Gasteiger partial charge in [-0.2, -0.15) is 0 Å². The fourth-order valence-electron chi connectivity index (χ4n) is 1.27. The number of sulfonamides is 1. The second kappa shape index (κ2) is 5.24. The number of nitrogens with two attached hydrogens (primary N) is 1. The summed E-state index contributed by atoms with van der Waals surface area (Å²) in [5.74, 6) is 5.50. The molecule has 0 amide bonds. The lowest BCUT2D eigenvalue weighted by molar-refractivity contribution is 0.468. The summed E-state index contributed by atoms with van der Waals surface area (Å²) in [7, 11) is -1.89. The summed E-state index contributed by atoms with van der Waals surface area (Å²) in [5.41, 5.74) is 2.32. The van der Waals surface area contributed by atoms with Gasteiger partial charge in [-0.25, -0.2) is 23.5 Å². The zero-order chi connectivity index (χ0) is 12.2. The Balaban J connectivity index is 3.06. The number of pyridine rings is 1. The zero-order valence-electron chi connectivity index (χ0n) is 9.34. The molecule has 7 heteroatoms. The highest BCUT2D eigenvalue weighted by molar-refractivity contribution is 7.89. The van der Waals surface area contributed by atoms with Crippen LogP contribution in [0.1, 0.15) is 13.3 Å². The van der Waals surface area contributed by atoms with E-state index in [9.17, 15) is 8.42 Å². The van der Waals surface area contributed by atoms with Gasteiger partial charge in [0.1, 0.15) is 5.82 Å². The molecule has 1 rings (SSSR count). The highest BCUT2D eigenvalue weighted by Crippen LogP contribution is 2.16. The molecule has 6 nitrogen and oxygen atoms in total. The minimum atomic E-state index is -3.44. The van der Waals surface area contributed by atoms with Crippen molar-refractivity contribution in [3.05, 3.63) is 18.3 Å². The van der Waals surface area contributed by atoms with Crippen molar-refractivity contribution in [3.8, 4) is 0 Å². The first-order valence-electron chi connectivity index (χ1n) is 4.91. The first kappa shape index (κ1) is 12.9. The monoisotopic (exact) mass is 244 g/mol. The molecule has 0 aliphatic rings. The summed E-state index contributed by atoms with van der Waals surface area (Å²) < 4.78 is 25.3. The van der Waals surface area contributed by atoms with Gasteiger partial charge in [0.05, 0.1) is 4.90 Å². The predicted octanol–water partition coefficient (Wildman–Crippen LogP) is 0.398. The largest absolute Gasteiger partial charge is 0.308 e. The molecule has 0 spiro atoms. The number of hydrogen-bond acceptors (Lipinski definition) is 5. The van der Waals surface area contributed by atoms with Gasteiger partial charge in [0.2, 0.25) is 10.0 Å². The van der Waals surface area contributed by atoms with E-state index in [0.29, 0.717) is 12.4 Å². The molecule has 1 aromatic heterocycles. The average Bonchev–Trinajstić information content (AvgIpc) is 2.29. The Morgan fingerprint density at radius 3 is 2.81 bits per heavy atom. The van der Waals surface area contributed by atoms with Crippen LogP contribution in [0.4, 0.5) is 5.82 Å². The van der Waals surface area contributed by atoms with Gasteiger partial charge in [0, 0.05) is 25.9 Å². The molecule has 16 heavy (non-hydrogen) atoms. The molecular formula is C9H16N4O2S. The van der Waals surface area contributed by atoms with Gasteiger partial charge >= 0.3 is 0 Å². The number of rotatable bonds is 5. The summed E-state index contributed by atoms with van der Waals surface area (Å²) in [6.45, 7) is 2.40. The van der Waals surface area contributed by atoms with Gasteiger partial charge in [-0.1, -0.05) is 6.92 Å². The average molecular weight is 244 g/mol. The van der Waals surface area contributed by atoms with Gasteiger partial charge in [0.25, 0.3) is 0 Å². The fourth-order valence-corrected chi connectivity index (χ4v) is 2.54. The number of aromatic nitrogens is 1. The molecule has 0 radical (unpaired) electrons. The minimum Gasteiger partial charge on any atom is -0.308 e. The van der Waals surface area contributed by atoms with Crippen molar-refractivity contribution >= 4 is 15.8 Å². The van der Waals surface area contributed by atoms with E-state index in [1.807, 2.05) is 6.92 Å². The fraction of sp³-hybridized carbons (Fsp3) is 0.444. The van der Waals surface area contributed by atoms with Gasteiger partial charge in [-0.15, -0.1) is 0 Å². The van der Waals surface area contributed by atoms with Crippen molar-refractivity contribution in [2.45, 2.75) is 18.2 Å². The van der Waals surface area contributed by atoms with Crippen LogP contribution in [0.15, 0.2) is 23.2 Å². The quantitative estimate of drug-likeness (QED) is 0.578. The maximum absolute atomic E-state index is 12.0. The third-order valence-corrected chi connectivity index (χ3v) is 3.98. The second-order valence-corrected chi connectivity index (χ2v) is 5.39. The Bertz CT molecular complexity index is 447. The van der Waals surface area contributed by atoms with Crippen molar-refractivity contribution in [3.63, 3.8) is 0 Å². The predicted molar refractivity (Wildman–Crippen MR) is 62.2 cm³/mol. The first-order chi connectivity index (χ1) is 7.52. The third kappa shape index (κ3) is 2.69. The Morgan fingerprint density at radius 1 is 1.56 bits per heavy atom.